The molecule has 0 amide bonds. The van der Waals surface area contributed by atoms with Gasteiger partial charge in [0.25, 0.3) is 0 Å². The van der Waals surface area contributed by atoms with Crippen LogP contribution in [0, 0.1) is 0 Å². The summed E-state index contributed by atoms with van der Waals surface area (Å²) < 4.78 is 32.2. The molecular formula is C6H5Na5O12P2. The van der Waals surface area contributed by atoms with Gasteiger partial charge in [-0.25, -0.2) is 4.79 Å². The third kappa shape index (κ3) is 14.6. The van der Waals surface area contributed by atoms with E-state index in [0.29, 0.717) is 0 Å². The fourth-order valence-electron chi connectivity index (χ4n) is 1.24. The predicted octanol–water partition coefficient (Wildman–Crippen LogP) is -20.4. The second kappa shape index (κ2) is 16.7. The summed E-state index contributed by atoms with van der Waals surface area (Å²) in [6.45, 7) is -1.22. The van der Waals surface area contributed by atoms with Crippen molar-refractivity contribution in [3.63, 3.8) is 0 Å². The van der Waals surface area contributed by atoms with E-state index < -0.39 is 51.9 Å². The summed E-state index contributed by atoms with van der Waals surface area (Å²) >= 11 is 0. The van der Waals surface area contributed by atoms with Crippen LogP contribution in [0.2, 0.25) is 0 Å². The number of hydrogen-bond acceptors (Lipinski definition) is 12. The Morgan fingerprint density at radius 1 is 1.04 bits per heavy atom. The summed E-state index contributed by atoms with van der Waals surface area (Å²) in [5.74, 6) is -4.76. The molecule has 0 saturated carbocycles. The maximum Gasteiger partial charge on any atom is 1.00 e. The van der Waals surface area contributed by atoms with Gasteiger partial charge in [0, 0.05) is 0 Å². The van der Waals surface area contributed by atoms with Crippen molar-refractivity contribution in [3.05, 3.63) is 11.5 Å². The molecule has 0 fully saturated rings. The van der Waals surface area contributed by atoms with Crippen LogP contribution in [-0.2, 0) is 27.7 Å². The van der Waals surface area contributed by atoms with Crippen molar-refractivity contribution in [1.29, 1.82) is 0 Å². The number of phosphoric ester groups is 2. The van der Waals surface area contributed by atoms with Gasteiger partial charge >= 0.3 is 154 Å². The first kappa shape index (κ1) is 39.5. The average Bonchev–Trinajstić information content (AvgIpc) is 2.51. The van der Waals surface area contributed by atoms with Crippen LogP contribution < -0.4 is 172 Å². The van der Waals surface area contributed by atoms with Gasteiger partial charge in [0.05, 0.1) is 14.4 Å². The molecule has 1 heterocycles. The fraction of sp³-hybridized carbons (Fsp3) is 0.500. The van der Waals surface area contributed by atoms with E-state index in [1.165, 1.54) is 0 Å². The van der Waals surface area contributed by atoms with Gasteiger partial charge in [0.2, 0.25) is 5.76 Å². The minimum Gasteiger partial charge on any atom is -0.870 e. The number of ether oxygens (including phenoxy) is 1. The molecule has 0 aromatic rings. The zero-order valence-electron chi connectivity index (χ0n) is 14.2. The molecule has 2 atom stereocenters. The number of rotatable bonds is 6. The Morgan fingerprint density at radius 3 is 1.80 bits per heavy atom. The van der Waals surface area contributed by atoms with E-state index in [1.54, 1.807) is 0 Å². The van der Waals surface area contributed by atoms with Crippen molar-refractivity contribution in [1.82, 2.24) is 0 Å². The van der Waals surface area contributed by atoms with Crippen molar-refractivity contribution >= 4 is 21.6 Å². The number of esters is 1. The molecule has 1 N–H and O–H groups in total. The molecule has 0 aromatic carbocycles. The molecular weight excluding hydrogens is 441 g/mol. The second-order valence-electron chi connectivity index (χ2n) is 3.33. The van der Waals surface area contributed by atoms with Crippen LogP contribution in [0.15, 0.2) is 11.5 Å². The molecule has 12 nitrogen and oxygen atoms in total. The fourth-order valence-corrected chi connectivity index (χ4v) is 2.14. The SMILES string of the molecule is O=C1O[C@H]([C@H](CO)OP(=O)([O-])[O-])C([O-])=C1OP(=O)([O-])[O-].[Na+].[Na+].[Na+].[Na+].[Na+]. The van der Waals surface area contributed by atoms with E-state index in [9.17, 15) is 38.6 Å². The van der Waals surface area contributed by atoms with Gasteiger partial charge in [-0.05, 0) is 5.76 Å². The van der Waals surface area contributed by atoms with E-state index in [1.807, 2.05) is 0 Å². The molecule has 0 spiro atoms. The maximum absolute atomic E-state index is 11.5. The molecule has 0 bridgehead atoms. The summed E-state index contributed by atoms with van der Waals surface area (Å²) in [5.41, 5.74) is 0. The summed E-state index contributed by atoms with van der Waals surface area (Å²) in [4.78, 5) is 52.4. The zero-order valence-corrected chi connectivity index (χ0v) is 26.0. The minimum absolute atomic E-state index is 0. The topological polar surface area (TPSA) is 214 Å². The van der Waals surface area contributed by atoms with Gasteiger partial charge in [0.15, 0.2) is 0 Å². The normalized spacial score (nSPS) is 17.5. The van der Waals surface area contributed by atoms with Gasteiger partial charge in [-0.15, -0.1) is 0 Å². The molecule has 116 valence electrons. The van der Waals surface area contributed by atoms with E-state index >= 15 is 0 Å². The zero-order chi connectivity index (χ0) is 15.7. The molecule has 0 aliphatic carbocycles. The smallest absolute Gasteiger partial charge is 0.870 e. The molecule has 0 radical (unpaired) electrons. The Balaban J connectivity index is -0.000000267. The molecule has 1 aliphatic rings. The summed E-state index contributed by atoms with van der Waals surface area (Å²) in [6, 6.07) is 0. The summed E-state index contributed by atoms with van der Waals surface area (Å²) in [7, 11) is -11.4. The van der Waals surface area contributed by atoms with Gasteiger partial charge in [-0.1, -0.05) is 0 Å². The number of carbonyl (C=O) groups is 1. The number of phosphoric acid groups is 2. The first-order chi connectivity index (χ1) is 8.94. The number of hydrogen-bond donors (Lipinski definition) is 1. The molecule has 0 aromatic heterocycles. The molecule has 0 saturated heterocycles. The van der Waals surface area contributed by atoms with Crippen molar-refractivity contribution < 1.29 is 205 Å². The van der Waals surface area contributed by atoms with E-state index in [-0.39, 0.29) is 148 Å². The average molecular weight is 446 g/mol. The van der Waals surface area contributed by atoms with Gasteiger partial charge in [0.1, 0.15) is 20.0 Å². The number of aliphatic hydroxyl groups is 1. The van der Waals surface area contributed by atoms with Crippen molar-refractivity contribution in [2.75, 3.05) is 6.61 Å². The molecule has 19 heteroatoms. The van der Waals surface area contributed by atoms with Crippen molar-refractivity contribution in [2.45, 2.75) is 12.2 Å². The van der Waals surface area contributed by atoms with Crippen molar-refractivity contribution in [3.8, 4) is 0 Å². The molecule has 0 unspecified atom stereocenters. The molecule has 1 rings (SSSR count). The first-order valence-electron chi connectivity index (χ1n) is 4.59. The van der Waals surface area contributed by atoms with Crippen LogP contribution in [0.1, 0.15) is 0 Å². The van der Waals surface area contributed by atoms with Gasteiger partial charge < -0.3 is 52.7 Å². The summed E-state index contributed by atoms with van der Waals surface area (Å²) in [5, 5.41) is 20.3. The monoisotopic (exact) mass is 446 g/mol. The third-order valence-corrected chi connectivity index (χ3v) is 2.82. The number of aliphatic hydroxyl groups excluding tert-OH is 1. The number of cyclic esters (lactones) is 1. The summed E-state index contributed by atoms with van der Waals surface area (Å²) in [6.07, 6.45) is -4.23. The first-order valence-corrected chi connectivity index (χ1v) is 7.52. The van der Waals surface area contributed by atoms with Crippen LogP contribution in [0.25, 0.3) is 0 Å². The Bertz CT molecular complexity index is 530. The Labute approximate surface area is 252 Å². The second-order valence-corrected chi connectivity index (χ2v) is 5.51. The van der Waals surface area contributed by atoms with Crippen LogP contribution in [0.3, 0.4) is 0 Å². The Morgan fingerprint density at radius 2 is 1.48 bits per heavy atom. The van der Waals surface area contributed by atoms with Crippen LogP contribution in [0.5, 0.6) is 0 Å². The van der Waals surface area contributed by atoms with E-state index in [0.717, 1.165) is 0 Å². The van der Waals surface area contributed by atoms with Gasteiger partial charge in [-0.3, -0.25) is 0 Å². The maximum atomic E-state index is 11.5. The quantitative estimate of drug-likeness (QED) is 0.229. The molecule has 1 aliphatic heterocycles. The minimum atomic E-state index is -5.74. The van der Waals surface area contributed by atoms with Crippen LogP contribution in [-0.4, -0.2) is 29.9 Å². The third-order valence-electron chi connectivity index (χ3n) is 1.89. The Kier molecular flexibility index (Phi) is 26.4. The van der Waals surface area contributed by atoms with Crippen LogP contribution in [0.4, 0.5) is 0 Å². The Hall–Kier alpha value is 4.03. The van der Waals surface area contributed by atoms with E-state index in [4.69, 9.17) is 5.11 Å². The van der Waals surface area contributed by atoms with E-state index in [2.05, 4.69) is 13.8 Å². The largest absolute Gasteiger partial charge is 1.00 e. The van der Waals surface area contributed by atoms with Gasteiger partial charge in [-0.2, -0.15) is 0 Å². The van der Waals surface area contributed by atoms with Crippen LogP contribution >= 0.6 is 15.6 Å². The molecule has 25 heavy (non-hydrogen) atoms. The standard InChI is InChI=1S/C6H10O12P2.5Na/c7-1-2(17-19(10,11)12)4-3(8)5(6(9)16-4)18-20(13,14)15;;;;;/h2,4,7-8H,1H2,(H2,10,11,12)(H2,13,14,15);;;;;/q;5*+1/p-5/t2-,4+;;;;;/m0...../s1. The predicted molar refractivity (Wildman–Crippen MR) is 45.2 cm³/mol. The number of carbonyl (C=O) groups excluding carboxylic acids is 1. The van der Waals surface area contributed by atoms with Crippen molar-refractivity contribution in [2.24, 2.45) is 0 Å².